The minimum absolute atomic E-state index is 0.0767. The fraction of sp³-hybridized carbons (Fsp3) is 0.409. The number of ketones is 2. The van der Waals surface area contributed by atoms with Gasteiger partial charge in [-0.2, -0.15) is 0 Å². The molecule has 0 aliphatic carbocycles. The van der Waals surface area contributed by atoms with Crippen LogP contribution in [0.1, 0.15) is 74.4 Å². The van der Waals surface area contributed by atoms with E-state index in [-0.39, 0.29) is 31.2 Å². The zero-order chi connectivity index (χ0) is 22.3. The van der Waals surface area contributed by atoms with E-state index in [1.165, 1.54) is 27.6 Å². The number of hydrogen-bond donors (Lipinski definition) is 1. The van der Waals surface area contributed by atoms with Gasteiger partial charge in [0.25, 0.3) is 5.91 Å². The van der Waals surface area contributed by atoms with Crippen molar-refractivity contribution < 1.29 is 24.0 Å². The summed E-state index contributed by atoms with van der Waals surface area (Å²) in [5.74, 6) is -1.60. The van der Waals surface area contributed by atoms with Crippen LogP contribution in [0, 0.1) is 0 Å². The molecule has 7 nitrogen and oxygen atoms in total. The molecule has 2 aliphatic heterocycles. The van der Waals surface area contributed by atoms with Gasteiger partial charge in [-0.1, -0.05) is 13.8 Å². The minimum atomic E-state index is -0.660. The summed E-state index contributed by atoms with van der Waals surface area (Å²) in [6.07, 6.45) is 0.972. The maximum absolute atomic E-state index is 12.8. The molecule has 2 aliphatic rings. The van der Waals surface area contributed by atoms with E-state index in [9.17, 15) is 24.0 Å². The van der Waals surface area contributed by atoms with Crippen molar-refractivity contribution in [3.05, 3.63) is 43.3 Å². The number of Topliss-reactive ketones (excluding diaryl/α,β-unsaturated/α-hetero) is 2. The Morgan fingerprint density at radius 3 is 2.68 bits per heavy atom. The van der Waals surface area contributed by atoms with Gasteiger partial charge in [-0.05, 0) is 36.5 Å². The van der Waals surface area contributed by atoms with Crippen molar-refractivity contribution in [2.45, 2.75) is 58.0 Å². The second-order valence-electron chi connectivity index (χ2n) is 8.06. The van der Waals surface area contributed by atoms with Crippen LogP contribution in [0.4, 0.5) is 0 Å². The summed E-state index contributed by atoms with van der Waals surface area (Å²) < 4.78 is 0. The first kappa shape index (κ1) is 21.6. The molecule has 1 saturated heterocycles. The van der Waals surface area contributed by atoms with E-state index in [0.29, 0.717) is 29.2 Å². The lowest BCUT2D eigenvalue weighted by Crippen LogP contribution is -2.52. The van der Waals surface area contributed by atoms with E-state index in [1.807, 2.05) is 19.9 Å². The van der Waals surface area contributed by atoms with Gasteiger partial charge in [0.2, 0.25) is 23.4 Å². The van der Waals surface area contributed by atoms with Crippen LogP contribution in [0.25, 0.3) is 0 Å². The first-order valence-electron chi connectivity index (χ1n) is 10.2. The average Bonchev–Trinajstić information content (AvgIpc) is 3.43. The Morgan fingerprint density at radius 2 is 2.00 bits per heavy atom. The van der Waals surface area contributed by atoms with Crippen molar-refractivity contribution in [1.82, 2.24) is 10.2 Å². The summed E-state index contributed by atoms with van der Waals surface area (Å²) in [6, 6.07) is 2.93. The number of carbonyl (C=O) groups is 5. The van der Waals surface area contributed by atoms with Crippen LogP contribution in [-0.2, 0) is 27.3 Å². The molecule has 1 N–H and O–H groups in total. The van der Waals surface area contributed by atoms with Gasteiger partial charge in [0.15, 0.2) is 0 Å². The molecule has 0 aromatic carbocycles. The molecule has 4 heterocycles. The molecule has 0 radical (unpaired) electrons. The molecule has 0 saturated carbocycles. The monoisotopic (exact) mass is 458 g/mol. The Bertz CT molecular complexity index is 1100. The molecular formula is C22H22N2O5S2. The Labute approximate surface area is 187 Å². The lowest BCUT2D eigenvalue weighted by atomic mass is 10.0. The van der Waals surface area contributed by atoms with E-state index in [2.05, 4.69) is 5.32 Å². The van der Waals surface area contributed by atoms with Gasteiger partial charge in [-0.3, -0.25) is 29.3 Å². The van der Waals surface area contributed by atoms with Gasteiger partial charge in [0, 0.05) is 34.5 Å². The largest absolute Gasteiger partial charge is 0.322 e. The first-order chi connectivity index (χ1) is 14.8. The standard InChI is InChI=1S/C22H22N2O5S2/c1-11(2)16-6-7-18(31-16)20(27)15(25)4-5-17-12-9-24(22(29)13(12)10-30-17)14-3-8-19(26)23-21(14)28/h6-7,10-11,14H,3-5,8-9H2,1-2H3,(H,23,26,28). The maximum Gasteiger partial charge on any atom is 0.256 e. The molecule has 1 fully saturated rings. The summed E-state index contributed by atoms with van der Waals surface area (Å²) in [5.41, 5.74) is 1.36. The van der Waals surface area contributed by atoms with E-state index in [1.54, 1.807) is 11.4 Å². The molecule has 0 spiro atoms. The predicted molar refractivity (Wildman–Crippen MR) is 116 cm³/mol. The molecular weight excluding hydrogens is 436 g/mol. The van der Waals surface area contributed by atoms with E-state index in [0.717, 1.165) is 15.3 Å². The predicted octanol–water partition coefficient (Wildman–Crippen LogP) is 3.08. The van der Waals surface area contributed by atoms with Gasteiger partial charge in [0.1, 0.15) is 6.04 Å². The number of aryl methyl sites for hydroxylation is 1. The smallest absolute Gasteiger partial charge is 0.256 e. The Balaban J connectivity index is 1.41. The molecule has 1 atom stereocenters. The summed E-state index contributed by atoms with van der Waals surface area (Å²) >= 11 is 2.76. The van der Waals surface area contributed by atoms with Gasteiger partial charge < -0.3 is 4.90 Å². The van der Waals surface area contributed by atoms with Gasteiger partial charge >= 0.3 is 0 Å². The Morgan fingerprint density at radius 1 is 1.23 bits per heavy atom. The van der Waals surface area contributed by atoms with Crippen LogP contribution in [0.5, 0.6) is 0 Å². The summed E-state index contributed by atoms with van der Waals surface area (Å²) in [6.45, 7) is 4.36. The fourth-order valence-corrected chi connectivity index (χ4v) is 5.88. The Kier molecular flexibility index (Phi) is 5.90. The molecule has 31 heavy (non-hydrogen) atoms. The molecule has 2 aromatic heterocycles. The van der Waals surface area contributed by atoms with Crippen molar-refractivity contribution in [3.8, 4) is 0 Å². The van der Waals surface area contributed by atoms with Crippen molar-refractivity contribution in [3.63, 3.8) is 0 Å². The van der Waals surface area contributed by atoms with Gasteiger partial charge in [0.05, 0.1) is 10.4 Å². The second-order valence-corrected chi connectivity index (χ2v) is 10.1. The highest BCUT2D eigenvalue weighted by Crippen LogP contribution is 2.34. The molecule has 1 unspecified atom stereocenters. The molecule has 4 rings (SSSR count). The zero-order valence-corrected chi connectivity index (χ0v) is 18.9. The van der Waals surface area contributed by atoms with Crippen LogP contribution in [0.15, 0.2) is 17.5 Å². The molecule has 3 amide bonds. The SMILES string of the molecule is CC(C)c1ccc(C(=O)C(=O)CCc2scc3c2CN(C2CCC(=O)NC2=O)C3=O)s1. The first-order valence-corrected chi connectivity index (χ1v) is 11.9. The van der Waals surface area contributed by atoms with E-state index >= 15 is 0 Å². The average molecular weight is 459 g/mol. The number of rotatable bonds is 7. The third-order valence-electron chi connectivity index (χ3n) is 5.64. The summed E-state index contributed by atoms with van der Waals surface area (Å²) in [4.78, 5) is 65.2. The van der Waals surface area contributed by atoms with Crippen molar-refractivity contribution in [2.75, 3.05) is 0 Å². The molecule has 162 valence electrons. The Hall–Kier alpha value is -2.65. The number of carbonyl (C=O) groups excluding carboxylic acids is 5. The summed E-state index contributed by atoms with van der Waals surface area (Å²) in [7, 11) is 0. The number of fused-ring (bicyclic) bond motifs is 1. The van der Waals surface area contributed by atoms with Crippen LogP contribution in [0.3, 0.4) is 0 Å². The molecule has 2 aromatic rings. The minimum Gasteiger partial charge on any atom is -0.322 e. The number of nitrogens with one attached hydrogen (secondary N) is 1. The normalized spacial score (nSPS) is 18.5. The highest BCUT2D eigenvalue weighted by atomic mass is 32.1. The zero-order valence-electron chi connectivity index (χ0n) is 17.2. The third kappa shape index (κ3) is 4.12. The van der Waals surface area contributed by atoms with Crippen LogP contribution >= 0.6 is 22.7 Å². The number of hydrogen-bond acceptors (Lipinski definition) is 7. The highest BCUT2D eigenvalue weighted by Gasteiger charge is 2.40. The third-order valence-corrected chi connectivity index (χ3v) is 8.11. The second kappa shape index (κ2) is 8.47. The number of piperidine rings is 1. The lowest BCUT2D eigenvalue weighted by Gasteiger charge is -2.29. The maximum atomic E-state index is 12.8. The van der Waals surface area contributed by atoms with Crippen LogP contribution in [-0.4, -0.2) is 40.2 Å². The van der Waals surface area contributed by atoms with E-state index < -0.39 is 23.5 Å². The topological polar surface area (TPSA) is 101 Å². The lowest BCUT2D eigenvalue weighted by molar-refractivity contribution is -0.136. The number of thiophene rings is 2. The number of amides is 3. The van der Waals surface area contributed by atoms with Gasteiger partial charge in [-0.15, -0.1) is 22.7 Å². The number of nitrogens with zero attached hydrogens (tertiary/aromatic N) is 1. The van der Waals surface area contributed by atoms with Gasteiger partial charge in [-0.25, -0.2) is 0 Å². The molecule has 0 bridgehead atoms. The fourth-order valence-electron chi connectivity index (χ4n) is 3.88. The van der Waals surface area contributed by atoms with Crippen molar-refractivity contribution in [2.24, 2.45) is 0 Å². The van der Waals surface area contributed by atoms with E-state index in [4.69, 9.17) is 0 Å². The summed E-state index contributed by atoms with van der Waals surface area (Å²) in [5, 5.41) is 4.04. The van der Waals surface area contributed by atoms with Crippen LogP contribution in [0.2, 0.25) is 0 Å². The molecule has 9 heteroatoms. The number of imide groups is 1. The van der Waals surface area contributed by atoms with Crippen molar-refractivity contribution in [1.29, 1.82) is 0 Å². The van der Waals surface area contributed by atoms with Crippen LogP contribution < -0.4 is 5.32 Å². The quantitative estimate of drug-likeness (QED) is 0.390. The van der Waals surface area contributed by atoms with Crippen molar-refractivity contribution >= 4 is 52.0 Å². The highest BCUT2D eigenvalue weighted by molar-refractivity contribution is 7.15.